The van der Waals surface area contributed by atoms with Crippen LogP contribution in [0.1, 0.15) is 38.2 Å². The Balaban J connectivity index is 1.99. The van der Waals surface area contributed by atoms with Crippen LogP contribution in [0, 0.1) is 17.0 Å². The Morgan fingerprint density at radius 1 is 1.28 bits per heavy atom. The molecule has 1 aliphatic heterocycles. The maximum atomic E-state index is 11.8. The van der Waals surface area contributed by atoms with Gasteiger partial charge in [-0.1, -0.05) is 36.4 Å². The van der Waals surface area contributed by atoms with Gasteiger partial charge in [-0.2, -0.15) is 0 Å². The average molecular weight is 358 g/mol. The summed E-state index contributed by atoms with van der Waals surface area (Å²) in [6, 6.07) is 8.21. The Hall–Kier alpha value is -2.15. The molecular weight excluding hydrogens is 336 g/mol. The Labute approximate surface area is 151 Å². The lowest BCUT2D eigenvalue weighted by Crippen LogP contribution is -2.40. The van der Waals surface area contributed by atoms with Gasteiger partial charge in [0, 0.05) is 17.5 Å². The summed E-state index contributed by atoms with van der Waals surface area (Å²) in [7, 11) is 0. The van der Waals surface area contributed by atoms with Crippen LogP contribution in [0.15, 0.2) is 40.5 Å². The van der Waals surface area contributed by atoms with E-state index in [4.69, 9.17) is 0 Å². The predicted octanol–water partition coefficient (Wildman–Crippen LogP) is 4.61. The van der Waals surface area contributed by atoms with E-state index in [1.807, 2.05) is 31.2 Å². The summed E-state index contributed by atoms with van der Waals surface area (Å²) < 4.78 is 0. The van der Waals surface area contributed by atoms with Crippen LogP contribution >= 0.6 is 11.8 Å². The van der Waals surface area contributed by atoms with Crippen molar-refractivity contribution in [1.29, 1.82) is 0 Å². The smallest absolute Gasteiger partial charge is 0.343 e. The van der Waals surface area contributed by atoms with E-state index < -0.39 is 0 Å². The minimum Gasteiger partial charge on any atom is -0.348 e. The topological polar surface area (TPSA) is 72.2 Å². The zero-order valence-corrected chi connectivity index (χ0v) is 15.3. The predicted molar refractivity (Wildman–Crippen MR) is 99.3 cm³/mol. The Bertz CT molecular complexity index is 751. The van der Waals surface area contributed by atoms with E-state index in [0.29, 0.717) is 16.9 Å². The van der Waals surface area contributed by atoms with Crippen molar-refractivity contribution in [2.45, 2.75) is 55.5 Å². The number of benzene rings is 1. The second-order valence-electron chi connectivity index (χ2n) is 6.27. The highest BCUT2D eigenvalue weighted by Crippen LogP contribution is 2.39. The molecule has 0 radical (unpaired) electrons. The molecule has 1 saturated heterocycles. The van der Waals surface area contributed by atoms with Gasteiger partial charge in [-0.15, -0.1) is 0 Å². The number of nitrogens with zero attached hydrogens (tertiary/aromatic N) is 4. The van der Waals surface area contributed by atoms with Gasteiger partial charge >= 0.3 is 5.69 Å². The van der Waals surface area contributed by atoms with Gasteiger partial charge in [0.05, 0.1) is 4.92 Å². The second-order valence-corrected chi connectivity index (χ2v) is 7.34. The summed E-state index contributed by atoms with van der Waals surface area (Å²) in [6.45, 7) is 4.95. The van der Waals surface area contributed by atoms with Crippen molar-refractivity contribution in [2.24, 2.45) is 0 Å². The van der Waals surface area contributed by atoms with E-state index in [0.717, 1.165) is 36.3 Å². The molecule has 0 saturated carbocycles. The molecule has 2 aromatic rings. The van der Waals surface area contributed by atoms with Crippen LogP contribution in [-0.2, 0) is 0 Å². The number of piperidine rings is 1. The maximum absolute atomic E-state index is 11.8. The number of aryl methyl sites for hydroxylation is 1. The van der Waals surface area contributed by atoms with Gasteiger partial charge in [0.25, 0.3) is 0 Å². The van der Waals surface area contributed by atoms with Gasteiger partial charge in [0.15, 0.2) is 5.03 Å². The summed E-state index contributed by atoms with van der Waals surface area (Å²) in [4.78, 5) is 23.0. The molecule has 2 heterocycles. The number of hydrogen-bond acceptors (Lipinski definition) is 6. The molecule has 1 aromatic heterocycles. The normalized spacial score (nSPS) is 17.5. The van der Waals surface area contributed by atoms with Gasteiger partial charge in [-0.25, -0.2) is 9.97 Å². The number of anilines is 1. The average Bonchev–Trinajstić information content (AvgIpc) is 2.63. The van der Waals surface area contributed by atoms with Crippen LogP contribution in [0.4, 0.5) is 11.5 Å². The van der Waals surface area contributed by atoms with E-state index in [-0.39, 0.29) is 10.6 Å². The lowest BCUT2D eigenvalue weighted by Gasteiger charge is -2.35. The number of aromatic nitrogens is 2. The van der Waals surface area contributed by atoms with Crippen LogP contribution in [0.3, 0.4) is 0 Å². The summed E-state index contributed by atoms with van der Waals surface area (Å²) in [5.41, 5.74) is 1.18. The van der Waals surface area contributed by atoms with Crippen molar-refractivity contribution in [1.82, 2.24) is 9.97 Å². The van der Waals surface area contributed by atoms with Crippen molar-refractivity contribution in [3.63, 3.8) is 0 Å². The van der Waals surface area contributed by atoms with E-state index in [9.17, 15) is 10.1 Å². The first kappa shape index (κ1) is 17.7. The molecule has 0 bridgehead atoms. The van der Waals surface area contributed by atoms with Crippen LogP contribution in [0.25, 0.3) is 0 Å². The third kappa shape index (κ3) is 3.92. The molecule has 132 valence electrons. The largest absolute Gasteiger partial charge is 0.348 e. The summed E-state index contributed by atoms with van der Waals surface area (Å²) in [6.07, 6.45) is 5.66. The highest BCUT2D eigenvalue weighted by molar-refractivity contribution is 7.99. The third-order valence-electron chi connectivity index (χ3n) is 4.56. The van der Waals surface area contributed by atoms with Crippen molar-refractivity contribution in [3.8, 4) is 0 Å². The monoisotopic (exact) mass is 358 g/mol. The second kappa shape index (κ2) is 7.82. The zero-order valence-electron chi connectivity index (χ0n) is 14.5. The van der Waals surface area contributed by atoms with Crippen LogP contribution in [0.2, 0.25) is 0 Å². The van der Waals surface area contributed by atoms with Crippen LogP contribution in [0.5, 0.6) is 0 Å². The first-order valence-corrected chi connectivity index (χ1v) is 9.42. The number of nitro groups is 1. The first-order valence-electron chi connectivity index (χ1n) is 8.60. The summed E-state index contributed by atoms with van der Waals surface area (Å²) in [5.74, 6) is 0.459. The van der Waals surface area contributed by atoms with Gasteiger partial charge < -0.3 is 4.90 Å². The molecule has 1 unspecified atom stereocenters. The zero-order chi connectivity index (χ0) is 17.8. The van der Waals surface area contributed by atoms with Crippen molar-refractivity contribution in [3.05, 3.63) is 46.3 Å². The van der Waals surface area contributed by atoms with E-state index >= 15 is 0 Å². The first-order chi connectivity index (χ1) is 12.1. The van der Waals surface area contributed by atoms with E-state index in [1.54, 1.807) is 0 Å². The van der Waals surface area contributed by atoms with Crippen LogP contribution < -0.4 is 4.90 Å². The molecule has 25 heavy (non-hydrogen) atoms. The summed E-state index contributed by atoms with van der Waals surface area (Å²) in [5, 5.41) is 12.2. The molecule has 1 fully saturated rings. The fraction of sp³-hybridized carbons (Fsp3) is 0.444. The van der Waals surface area contributed by atoms with Gasteiger partial charge in [0.2, 0.25) is 5.82 Å². The van der Waals surface area contributed by atoms with Crippen molar-refractivity contribution >= 4 is 23.3 Å². The maximum Gasteiger partial charge on any atom is 0.343 e. The molecule has 1 aromatic carbocycles. The fourth-order valence-corrected chi connectivity index (χ4v) is 4.08. The molecule has 1 atom stereocenters. The lowest BCUT2D eigenvalue weighted by molar-refractivity contribution is -0.387. The highest BCUT2D eigenvalue weighted by Gasteiger charge is 2.31. The molecule has 0 amide bonds. The van der Waals surface area contributed by atoms with Gasteiger partial charge in [-0.3, -0.25) is 10.1 Å². The lowest BCUT2D eigenvalue weighted by atomic mass is 10.00. The van der Waals surface area contributed by atoms with Gasteiger partial charge in [-0.05, 0) is 44.7 Å². The molecule has 0 aliphatic carbocycles. The number of hydrogen-bond donors (Lipinski definition) is 0. The minimum atomic E-state index is -0.340. The van der Waals surface area contributed by atoms with Crippen molar-refractivity contribution < 1.29 is 4.92 Å². The number of rotatable bonds is 5. The van der Waals surface area contributed by atoms with E-state index in [1.165, 1.54) is 24.5 Å². The SMILES string of the molecule is CCC1CCCCN1c1ncnc(Sc2ccc(C)cc2)c1[N+](=O)[O-]. The molecule has 6 nitrogen and oxygen atoms in total. The Morgan fingerprint density at radius 2 is 2.04 bits per heavy atom. The fourth-order valence-electron chi connectivity index (χ4n) is 3.22. The van der Waals surface area contributed by atoms with Gasteiger partial charge in [0.1, 0.15) is 6.33 Å². The van der Waals surface area contributed by atoms with Crippen molar-refractivity contribution in [2.75, 3.05) is 11.4 Å². The molecule has 7 heteroatoms. The van der Waals surface area contributed by atoms with E-state index in [2.05, 4.69) is 21.8 Å². The minimum absolute atomic E-state index is 0.0217. The molecule has 0 N–H and O–H groups in total. The Kier molecular flexibility index (Phi) is 5.53. The van der Waals surface area contributed by atoms with Crippen LogP contribution in [-0.4, -0.2) is 27.5 Å². The molecule has 0 spiro atoms. The standard InChI is InChI=1S/C18H22N4O2S/c1-3-14-6-4-5-11-21(14)17-16(22(23)24)18(20-12-19-17)25-15-9-7-13(2)8-10-15/h7-10,12,14H,3-6,11H2,1-2H3. The summed E-state index contributed by atoms with van der Waals surface area (Å²) >= 11 is 1.32. The third-order valence-corrected chi connectivity index (χ3v) is 5.56. The Morgan fingerprint density at radius 3 is 2.72 bits per heavy atom. The highest BCUT2D eigenvalue weighted by atomic mass is 32.2. The molecule has 1 aliphatic rings. The quantitative estimate of drug-likeness (QED) is 0.441. The molecule has 3 rings (SSSR count). The molecular formula is C18H22N4O2S.